The van der Waals surface area contributed by atoms with E-state index in [0.29, 0.717) is 12.6 Å². The summed E-state index contributed by atoms with van der Waals surface area (Å²) in [4.78, 5) is 0. The summed E-state index contributed by atoms with van der Waals surface area (Å²) >= 11 is 6.17. The van der Waals surface area contributed by atoms with Crippen LogP contribution in [-0.4, -0.2) is 4.57 Å². The van der Waals surface area contributed by atoms with Gasteiger partial charge in [0.2, 0.25) is 0 Å². The van der Waals surface area contributed by atoms with Gasteiger partial charge in [0.25, 0.3) is 0 Å². The highest BCUT2D eigenvalue weighted by Gasteiger charge is 2.12. The van der Waals surface area contributed by atoms with E-state index in [1.807, 2.05) is 30.3 Å². The summed E-state index contributed by atoms with van der Waals surface area (Å²) in [5, 5.41) is 1.92. The van der Waals surface area contributed by atoms with Crippen LogP contribution < -0.4 is 4.74 Å². The fourth-order valence-corrected chi connectivity index (χ4v) is 2.89. The van der Waals surface area contributed by atoms with Crippen molar-refractivity contribution in [1.82, 2.24) is 4.57 Å². The van der Waals surface area contributed by atoms with E-state index in [4.69, 9.17) is 16.3 Å². The number of halogens is 1. The van der Waals surface area contributed by atoms with Crippen LogP contribution in [0.3, 0.4) is 0 Å². The van der Waals surface area contributed by atoms with E-state index in [0.717, 1.165) is 27.3 Å². The molecule has 2 aromatic carbocycles. The molecule has 0 atom stereocenters. The van der Waals surface area contributed by atoms with Gasteiger partial charge in [0.15, 0.2) is 0 Å². The van der Waals surface area contributed by atoms with E-state index >= 15 is 0 Å². The highest BCUT2D eigenvalue weighted by Crippen LogP contribution is 2.29. The molecule has 0 unspecified atom stereocenters. The summed E-state index contributed by atoms with van der Waals surface area (Å²) < 4.78 is 8.27. The molecule has 114 valence electrons. The molecule has 0 aliphatic heterocycles. The average Bonchev–Trinajstić information content (AvgIpc) is 2.84. The van der Waals surface area contributed by atoms with Gasteiger partial charge in [-0.2, -0.15) is 0 Å². The number of hydrogen-bond acceptors (Lipinski definition) is 1. The molecule has 0 aliphatic rings. The Morgan fingerprint density at radius 3 is 2.64 bits per heavy atom. The third-order valence-electron chi connectivity index (χ3n) is 3.91. The molecule has 0 amide bonds. The molecule has 2 nitrogen and oxygen atoms in total. The zero-order chi connectivity index (χ0) is 15.7. The molecular formula is C19H20ClNO. The first-order valence-electron chi connectivity index (χ1n) is 7.53. The molecular weight excluding hydrogens is 294 g/mol. The minimum Gasteiger partial charge on any atom is -0.489 e. The number of fused-ring (bicyclic) bond motifs is 1. The second-order valence-corrected chi connectivity index (χ2v) is 6.31. The molecule has 1 aromatic heterocycles. The Balaban J connectivity index is 1.96. The van der Waals surface area contributed by atoms with Crippen LogP contribution in [0.5, 0.6) is 5.75 Å². The molecule has 0 fully saturated rings. The van der Waals surface area contributed by atoms with Crippen LogP contribution in [0.25, 0.3) is 10.9 Å². The number of aryl methyl sites for hydroxylation is 1. The van der Waals surface area contributed by atoms with Crippen LogP contribution in [0.15, 0.2) is 48.7 Å². The minimum atomic E-state index is 0.399. The van der Waals surface area contributed by atoms with Gasteiger partial charge in [-0.05, 0) is 50.6 Å². The maximum atomic E-state index is 6.17. The fourth-order valence-electron chi connectivity index (χ4n) is 2.71. The highest BCUT2D eigenvalue weighted by atomic mass is 35.5. The first-order valence-corrected chi connectivity index (χ1v) is 7.91. The van der Waals surface area contributed by atoms with Crippen molar-refractivity contribution in [2.24, 2.45) is 0 Å². The second-order valence-electron chi connectivity index (χ2n) is 5.87. The Labute approximate surface area is 136 Å². The lowest BCUT2D eigenvalue weighted by Crippen LogP contribution is -1.99. The number of benzene rings is 2. The van der Waals surface area contributed by atoms with Gasteiger partial charge >= 0.3 is 0 Å². The molecule has 3 rings (SSSR count). The summed E-state index contributed by atoms with van der Waals surface area (Å²) in [6.45, 7) is 6.96. The predicted octanol–water partition coefficient (Wildman–Crippen LogP) is 5.76. The molecule has 3 aromatic rings. The third-order valence-corrected chi connectivity index (χ3v) is 4.15. The summed E-state index contributed by atoms with van der Waals surface area (Å²) in [5.74, 6) is 0.926. The van der Waals surface area contributed by atoms with Crippen molar-refractivity contribution in [1.29, 1.82) is 0 Å². The molecule has 0 saturated carbocycles. The number of para-hydroxylation sites is 1. The first-order chi connectivity index (χ1) is 10.6. The van der Waals surface area contributed by atoms with Crippen molar-refractivity contribution in [3.63, 3.8) is 0 Å². The molecule has 22 heavy (non-hydrogen) atoms. The van der Waals surface area contributed by atoms with Gasteiger partial charge in [-0.25, -0.2) is 0 Å². The lowest BCUT2D eigenvalue weighted by atomic mass is 10.2. The number of aromatic nitrogens is 1. The maximum Gasteiger partial charge on any atom is 0.122 e. The monoisotopic (exact) mass is 313 g/mol. The molecule has 0 bridgehead atoms. The Hall–Kier alpha value is -1.93. The lowest BCUT2D eigenvalue weighted by Gasteiger charge is -2.09. The normalized spacial score (nSPS) is 11.3. The molecule has 0 N–H and O–H groups in total. The van der Waals surface area contributed by atoms with E-state index in [2.05, 4.69) is 43.7 Å². The lowest BCUT2D eigenvalue weighted by molar-refractivity contribution is 0.305. The summed E-state index contributed by atoms with van der Waals surface area (Å²) in [5.41, 5.74) is 3.50. The Morgan fingerprint density at radius 1 is 1.14 bits per heavy atom. The van der Waals surface area contributed by atoms with Crippen molar-refractivity contribution in [3.05, 3.63) is 64.8 Å². The van der Waals surface area contributed by atoms with Crippen LogP contribution >= 0.6 is 11.6 Å². The van der Waals surface area contributed by atoms with Crippen LogP contribution in [0, 0.1) is 6.92 Å². The van der Waals surface area contributed by atoms with E-state index in [1.54, 1.807) is 0 Å². The van der Waals surface area contributed by atoms with Crippen molar-refractivity contribution in [3.8, 4) is 5.75 Å². The van der Waals surface area contributed by atoms with E-state index in [9.17, 15) is 0 Å². The minimum absolute atomic E-state index is 0.399. The Morgan fingerprint density at radius 2 is 1.91 bits per heavy atom. The molecule has 0 aliphatic carbocycles. The van der Waals surface area contributed by atoms with Crippen molar-refractivity contribution < 1.29 is 4.74 Å². The summed E-state index contributed by atoms with van der Waals surface area (Å²) in [6.07, 6.45) is 2.17. The summed E-state index contributed by atoms with van der Waals surface area (Å²) in [6, 6.07) is 14.5. The smallest absolute Gasteiger partial charge is 0.122 e. The van der Waals surface area contributed by atoms with Gasteiger partial charge in [0.1, 0.15) is 12.4 Å². The topological polar surface area (TPSA) is 14.2 Å². The van der Waals surface area contributed by atoms with Crippen LogP contribution in [-0.2, 0) is 6.61 Å². The van der Waals surface area contributed by atoms with Crippen molar-refractivity contribution >= 4 is 22.5 Å². The van der Waals surface area contributed by atoms with Gasteiger partial charge < -0.3 is 9.30 Å². The zero-order valence-electron chi connectivity index (χ0n) is 13.1. The molecule has 0 spiro atoms. The zero-order valence-corrected chi connectivity index (χ0v) is 13.9. The number of nitrogens with zero attached hydrogens (tertiary/aromatic N) is 1. The number of ether oxygens (including phenoxy) is 1. The Bertz CT molecular complexity index is 804. The highest BCUT2D eigenvalue weighted by molar-refractivity contribution is 6.31. The van der Waals surface area contributed by atoms with Gasteiger partial charge in [-0.1, -0.05) is 29.8 Å². The van der Waals surface area contributed by atoms with Crippen LogP contribution in [0.1, 0.15) is 31.0 Å². The van der Waals surface area contributed by atoms with Crippen molar-refractivity contribution in [2.45, 2.75) is 33.4 Å². The quantitative estimate of drug-likeness (QED) is 0.597. The number of hydrogen-bond donors (Lipinski definition) is 0. The fraction of sp³-hybridized carbons (Fsp3) is 0.263. The van der Waals surface area contributed by atoms with Gasteiger partial charge in [-0.3, -0.25) is 0 Å². The summed E-state index contributed by atoms with van der Waals surface area (Å²) in [7, 11) is 0. The van der Waals surface area contributed by atoms with Crippen LogP contribution in [0.4, 0.5) is 0 Å². The predicted molar refractivity (Wildman–Crippen MR) is 92.8 cm³/mol. The van der Waals surface area contributed by atoms with E-state index < -0.39 is 0 Å². The van der Waals surface area contributed by atoms with Gasteiger partial charge in [0, 0.05) is 33.7 Å². The van der Waals surface area contributed by atoms with Gasteiger partial charge in [0.05, 0.1) is 0 Å². The molecule has 3 heteroatoms. The second kappa shape index (κ2) is 6.05. The molecule has 0 saturated heterocycles. The van der Waals surface area contributed by atoms with Crippen LogP contribution in [0.2, 0.25) is 5.02 Å². The van der Waals surface area contributed by atoms with Gasteiger partial charge in [-0.15, -0.1) is 0 Å². The SMILES string of the molecule is Cc1ccccc1OCc1cn(C(C)C)c2ccc(Cl)cc12. The third kappa shape index (κ3) is 2.84. The standard InChI is InChI=1S/C19H20ClNO/c1-13(2)21-11-15(17-10-16(20)8-9-18(17)21)12-22-19-7-5-4-6-14(19)3/h4-11,13H,12H2,1-3H3. The Kier molecular flexibility index (Phi) is 4.12. The van der Waals surface area contributed by atoms with E-state index in [-0.39, 0.29) is 0 Å². The number of rotatable bonds is 4. The van der Waals surface area contributed by atoms with Crippen molar-refractivity contribution in [2.75, 3.05) is 0 Å². The largest absolute Gasteiger partial charge is 0.489 e. The molecule has 0 radical (unpaired) electrons. The average molecular weight is 314 g/mol. The maximum absolute atomic E-state index is 6.17. The molecule has 1 heterocycles. The van der Waals surface area contributed by atoms with E-state index in [1.165, 1.54) is 5.52 Å². The first kappa shape index (κ1) is 15.0.